The molecule has 0 saturated heterocycles. The van der Waals surface area contributed by atoms with E-state index in [4.69, 9.17) is 10.9 Å². The van der Waals surface area contributed by atoms with Crippen molar-refractivity contribution in [3.05, 3.63) is 46.2 Å². The summed E-state index contributed by atoms with van der Waals surface area (Å²) < 4.78 is 2.06. The molecule has 3 rings (SSSR count). The highest BCUT2D eigenvalue weighted by molar-refractivity contribution is 7.09. The zero-order valence-corrected chi connectivity index (χ0v) is 12.3. The molecule has 1 aromatic carbocycles. The molecule has 0 aliphatic carbocycles. The van der Waals surface area contributed by atoms with Crippen LogP contribution in [0.1, 0.15) is 16.5 Å². The molecule has 0 unspecified atom stereocenters. The van der Waals surface area contributed by atoms with Gasteiger partial charge in [0.2, 0.25) is 0 Å². The predicted octanol–water partition coefficient (Wildman–Crippen LogP) is 2.14. The number of aromatic nitrogens is 3. The van der Waals surface area contributed by atoms with E-state index in [0.29, 0.717) is 13.0 Å². The predicted molar refractivity (Wildman–Crippen MR) is 82.8 cm³/mol. The van der Waals surface area contributed by atoms with E-state index in [1.54, 1.807) is 11.3 Å². The Labute approximate surface area is 125 Å². The summed E-state index contributed by atoms with van der Waals surface area (Å²) in [6.45, 7) is 2.61. The van der Waals surface area contributed by atoms with Crippen LogP contribution >= 0.6 is 11.3 Å². The first kappa shape index (κ1) is 13.6. The SMILES string of the molecule is Cc1nc(Cn2c(CC(N)=NO)nc3ccccc32)cs1. The molecule has 108 valence electrons. The molecule has 0 spiro atoms. The summed E-state index contributed by atoms with van der Waals surface area (Å²) in [5.41, 5.74) is 8.52. The fraction of sp³-hybridized carbons (Fsp3) is 0.214. The van der Waals surface area contributed by atoms with Crippen LogP contribution in [0, 0.1) is 6.92 Å². The van der Waals surface area contributed by atoms with E-state index in [1.165, 1.54) is 0 Å². The number of rotatable bonds is 4. The second-order valence-electron chi connectivity index (χ2n) is 4.73. The van der Waals surface area contributed by atoms with Crippen LogP contribution in [0.2, 0.25) is 0 Å². The highest BCUT2D eigenvalue weighted by Gasteiger charge is 2.13. The fourth-order valence-electron chi connectivity index (χ4n) is 2.28. The molecule has 0 saturated carbocycles. The van der Waals surface area contributed by atoms with Crippen LogP contribution in [-0.4, -0.2) is 25.6 Å². The number of oxime groups is 1. The highest BCUT2D eigenvalue weighted by atomic mass is 32.1. The number of imidazole rings is 1. The molecule has 2 aromatic heterocycles. The third-order valence-corrected chi connectivity index (χ3v) is 4.01. The van der Waals surface area contributed by atoms with Gasteiger partial charge in [-0.25, -0.2) is 9.97 Å². The van der Waals surface area contributed by atoms with Crippen molar-refractivity contribution in [1.29, 1.82) is 0 Å². The summed E-state index contributed by atoms with van der Waals surface area (Å²) in [5.74, 6) is 0.901. The number of aryl methyl sites for hydroxylation is 1. The third-order valence-electron chi connectivity index (χ3n) is 3.19. The fourth-order valence-corrected chi connectivity index (χ4v) is 2.88. The summed E-state index contributed by atoms with van der Waals surface area (Å²) >= 11 is 1.62. The minimum absolute atomic E-state index is 0.140. The van der Waals surface area contributed by atoms with E-state index in [2.05, 4.69) is 19.7 Å². The Kier molecular flexibility index (Phi) is 3.57. The van der Waals surface area contributed by atoms with Crippen molar-refractivity contribution in [1.82, 2.24) is 14.5 Å². The molecular formula is C14H15N5OS. The monoisotopic (exact) mass is 301 g/mol. The van der Waals surface area contributed by atoms with Crippen molar-refractivity contribution in [2.75, 3.05) is 0 Å². The third kappa shape index (κ3) is 2.73. The summed E-state index contributed by atoms with van der Waals surface area (Å²) in [7, 11) is 0. The number of thiazole rings is 1. The maximum Gasteiger partial charge on any atom is 0.146 e. The first-order valence-electron chi connectivity index (χ1n) is 6.49. The Bertz CT molecular complexity index is 805. The van der Waals surface area contributed by atoms with E-state index in [-0.39, 0.29) is 5.84 Å². The zero-order chi connectivity index (χ0) is 14.8. The van der Waals surface area contributed by atoms with E-state index >= 15 is 0 Å². The average molecular weight is 301 g/mol. The van der Waals surface area contributed by atoms with Crippen molar-refractivity contribution in [2.45, 2.75) is 19.9 Å². The average Bonchev–Trinajstić information content (AvgIpc) is 3.04. The van der Waals surface area contributed by atoms with Crippen molar-refractivity contribution in [3.63, 3.8) is 0 Å². The van der Waals surface area contributed by atoms with Crippen LogP contribution < -0.4 is 5.73 Å². The molecule has 0 amide bonds. The molecule has 21 heavy (non-hydrogen) atoms. The molecule has 0 atom stereocenters. The number of fused-ring (bicyclic) bond motifs is 1. The Hall–Kier alpha value is -2.41. The molecule has 0 aliphatic heterocycles. The van der Waals surface area contributed by atoms with Crippen molar-refractivity contribution >= 4 is 28.2 Å². The van der Waals surface area contributed by atoms with Gasteiger partial charge in [-0.3, -0.25) is 0 Å². The van der Waals surface area contributed by atoms with Gasteiger partial charge in [0.25, 0.3) is 0 Å². The van der Waals surface area contributed by atoms with Gasteiger partial charge in [0.15, 0.2) is 0 Å². The number of hydrogen-bond acceptors (Lipinski definition) is 5. The van der Waals surface area contributed by atoms with Crippen LogP contribution in [0.5, 0.6) is 0 Å². The lowest BCUT2D eigenvalue weighted by atomic mass is 10.3. The number of benzene rings is 1. The molecular weight excluding hydrogens is 286 g/mol. The molecule has 0 bridgehead atoms. The van der Waals surface area contributed by atoms with E-state index in [1.807, 2.05) is 36.6 Å². The molecule has 2 heterocycles. The second kappa shape index (κ2) is 5.53. The van der Waals surface area contributed by atoms with Crippen LogP contribution in [0.15, 0.2) is 34.8 Å². The van der Waals surface area contributed by atoms with Crippen molar-refractivity contribution in [2.24, 2.45) is 10.9 Å². The Balaban J connectivity index is 2.06. The Morgan fingerprint density at radius 3 is 2.90 bits per heavy atom. The molecule has 6 nitrogen and oxygen atoms in total. The first-order chi connectivity index (χ1) is 10.2. The summed E-state index contributed by atoms with van der Waals surface area (Å²) in [6.07, 6.45) is 0.300. The van der Waals surface area contributed by atoms with Crippen LogP contribution in [0.25, 0.3) is 11.0 Å². The summed E-state index contributed by atoms with van der Waals surface area (Å²) in [5, 5.41) is 14.9. The Morgan fingerprint density at radius 2 is 2.19 bits per heavy atom. The number of amidine groups is 1. The van der Waals surface area contributed by atoms with Gasteiger partial charge in [-0.2, -0.15) is 0 Å². The van der Waals surface area contributed by atoms with Gasteiger partial charge in [-0.1, -0.05) is 17.3 Å². The van der Waals surface area contributed by atoms with Gasteiger partial charge < -0.3 is 15.5 Å². The molecule has 7 heteroatoms. The Morgan fingerprint density at radius 1 is 1.38 bits per heavy atom. The van der Waals surface area contributed by atoms with Gasteiger partial charge in [0.05, 0.1) is 34.7 Å². The zero-order valence-electron chi connectivity index (χ0n) is 11.5. The molecule has 3 N–H and O–H groups in total. The number of para-hydroxylation sites is 2. The van der Waals surface area contributed by atoms with Crippen LogP contribution in [0.3, 0.4) is 0 Å². The maximum atomic E-state index is 8.77. The lowest BCUT2D eigenvalue weighted by Crippen LogP contribution is -2.18. The summed E-state index contributed by atoms with van der Waals surface area (Å²) in [6, 6.07) is 7.88. The highest BCUT2D eigenvalue weighted by Crippen LogP contribution is 2.19. The summed E-state index contributed by atoms with van der Waals surface area (Å²) in [4.78, 5) is 9.06. The minimum atomic E-state index is 0.140. The van der Waals surface area contributed by atoms with Gasteiger partial charge in [-0.15, -0.1) is 11.3 Å². The smallest absolute Gasteiger partial charge is 0.146 e. The quantitative estimate of drug-likeness (QED) is 0.334. The largest absolute Gasteiger partial charge is 0.409 e. The molecule has 3 aromatic rings. The van der Waals surface area contributed by atoms with Gasteiger partial charge in [-0.05, 0) is 19.1 Å². The molecule has 0 radical (unpaired) electrons. The van der Waals surface area contributed by atoms with Gasteiger partial charge in [0.1, 0.15) is 11.7 Å². The molecule has 0 aliphatic rings. The van der Waals surface area contributed by atoms with E-state index in [0.717, 1.165) is 27.6 Å². The number of nitrogens with zero attached hydrogens (tertiary/aromatic N) is 4. The first-order valence-corrected chi connectivity index (χ1v) is 7.37. The van der Waals surface area contributed by atoms with Crippen LogP contribution in [-0.2, 0) is 13.0 Å². The van der Waals surface area contributed by atoms with E-state index in [9.17, 15) is 0 Å². The van der Waals surface area contributed by atoms with Gasteiger partial charge in [0, 0.05) is 5.38 Å². The van der Waals surface area contributed by atoms with Crippen LogP contribution in [0.4, 0.5) is 0 Å². The van der Waals surface area contributed by atoms with E-state index < -0.39 is 0 Å². The standard InChI is InChI=1S/C14H15N5OS/c1-9-16-10(8-21-9)7-19-12-5-3-2-4-11(12)17-14(19)6-13(15)18-20/h2-5,8,20H,6-7H2,1H3,(H2,15,18). The normalized spacial score (nSPS) is 12.1. The van der Waals surface area contributed by atoms with Gasteiger partial charge >= 0.3 is 0 Å². The second-order valence-corrected chi connectivity index (χ2v) is 5.79. The maximum absolute atomic E-state index is 8.77. The topological polar surface area (TPSA) is 89.3 Å². The lowest BCUT2D eigenvalue weighted by Gasteiger charge is -2.07. The molecule has 0 fully saturated rings. The number of hydrogen-bond donors (Lipinski definition) is 2. The van der Waals surface area contributed by atoms with Crippen molar-refractivity contribution in [3.8, 4) is 0 Å². The minimum Gasteiger partial charge on any atom is -0.409 e. The van der Waals surface area contributed by atoms with Crippen molar-refractivity contribution < 1.29 is 5.21 Å². The lowest BCUT2D eigenvalue weighted by molar-refractivity contribution is 0.317. The number of nitrogens with two attached hydrogens (primary N) is 1.